The average molecular weight is 241 g/mol. The SMILES string of the molecule is C=C/C(=C\C(=C)C#N)CC[n+]1ccc(CO)cc1. The second-order valence-electron chi connectivity index (χ2n) is 3.91. The van der Waals surface area contributed by atoms with Crippen LogP contribution < -0.4 is 4.57 Å². The zero-order chi connectivity index (χ0) is 13.4. The predicted molar refractivity (Wildman–Crippen MR) is 70.2 cm³/mol. The van der Waals surface area contributed by atoms with E-state index in [1.54, 1.807) is 12.2 Å². The van der Waals surface area contributed by atoms with E-state index in [0.29, 0.717) is 5.57 Å². The third-order valence-corrected chi connectivity index (χ3v) is 2.57. The number of pyridine rings is 1. The number of hydrogen-bond donors (Lipinski definition) is 1. The third kappa shape index (κ3) is 4.36. The second kappa shape index (κ2) is 7.21. The van der Waals surface area contributed by atoms with Crippen molar-refractivity contribution in [2.45, 2.75) is 19.6 Å². The van der Waals surface area contributed by atoms with E-state index in [-0.39, 0.29) is 6.61 Å². The van der Waals surface area contributed by atoms with Crippen LogP contribution in [0.5, 0.6) is 0 Å². The van der Waals surface area contributed by atoms with Crippen LogP contribution in [0.3, 0.4) is 0 Å². The van der Waals surface area contributed by atoms with Gasteiger partial charge in [-0.3, -0.25) is 0 Å². The molecule has 0 aliphatic rings. The van der Waals surface area contributed by atoms with Gasteiger partial charge in [-0.05, 0) is 17.2 Å². The molecule has 0 unspecified atom stereocenters. The highest BCUT2D eigenvalue weighted by atomic mass is 16.3. The molecule has 0 aliphatic carbocycles. The van der Waals surface area contributed by atoms with Crippen LogP contribution in [-0.4, -0.2) is 5.11 Å². The highest BCUT2D eigenvalue weighted by Gasteiger charge is 2.02. The van der Waals surface area contributed by atoms with Gasteiger partial charge in [0.1, 0.15) is 0 Å². The molecule has 3 heteroatoms. The molecule has 0 aliphatic heterocycles. The first kappa shape index (κ1) is 13.9. The van der Waals surface area contributed by atoms with E-state index in [4.69, 9.17) is 10.4 Å². The molecule has 1 aromatic heterocycles. The highest BCUT2D eigenvalue weighted by molar-refractivity contribution is 5.35. The van der Waals surface area contributed by atoms with Crippen molar-refractivity contribution in [3.8, 4) is 6.07 Å². The molecule has 0 fully saturated rings. The minimum absolute atomic E-state index is 0.0562. The molecular weight excluding hydrogens is 224 g/mol. The third-order valence-electron chi connectivity index (χ3n) is 2.57. The summed E-state index contributed by atoms with van der Waals surface area (Å²) in [6.45, 7) is 8.20. The van der Waals surface area contributed by atoms with E-state index < -0.39 is 0 Å². The number of rotatable bonds is 6. The molecule has 1 rings (SSSR count). The maximum absolute atomic E-state index is 8.94. The fraction of sp³-hybridized carbons (Fsp3) is 0.200. The molecule has 1 heterocycles. The lowest BCUT2D eigenvalue weighted by Crippen LogP contribution is -2.32. The summed E-state index contributed by atoms with van der Waals surface area (Å²) in [7, 11) is 0. The number of aromatic nitrogens is 1. The van der Waals surface area contributed by atoms with Crippen molar-refractivity contribution < 1.29 is 9.67 Å². The van der Waals surface area contributed by atoms with Gasteiger partial charge in [0.15, 0.2) is 18.9 Å². The zero-order valence-corrected chi connectivity index (χ0v) is 10.3. The van der Waals surface area contributed by atoms with Gasteiger partial charge in [-0.1, -0.05) is 19.2 Å². The summed E-state index contributed by atoms with van der Waals surface area (Å²) in [6, 6.07) is 5.75. The summed E-state index contributed by atoms with van der Waals surface area (Å²) < 4.78 is 2.02. The van der Waals surface area contributed by atoms with Gasteiger partial charge < -0.3 is 5.11 Å². The standard InChI is InChI=1S/C15H17N2O/c1-3-14(10-13(2)11-16)4-7-17-8-5-15(12-18)6-9-17/h3,5-6,8-10,18H,1-2,4,7,12H2/q+1/b14-10+. The van der Waals surface area contributed by atoms with Crippen molar-refractivity contribution in [3.63, 3.8) is 0 Å². The number of nitriles is 1. The van der Waals surface area contributed by atoms with Gasteiger partial charge in [0, 0.05) is 24.1 Å². The number of nitrogens with zero attached hydrogens (tertiary/aromatic N) is 2. The molecule has 0 spiro atoms. The Balaban J connectivity index is 2.63. The molecule has 1 aromatic rings. The zero-order valence-electron chi connectivity index (χ0n) is 10.3. The first-order valence-corrected chi connectivity index (χ1v) is 5.70. The Hall–Kier alpha value is -2.18. The maximum atomic E-state index is 8.94. The van der Waals surface area contributed by atoms with E-state index in [1.165, 1.54) is 0 Å². The topological polar surface area (TPSA) is 47.9 Å². The fourth-order valence-electron chi connectivity index (χ4n) is 1.49. The van der Waals surface area contributed by atoms with E-state index in [9.17, 15) is 0 Å². The molecule has 1 N–H and O–H groups in total. The summed E-state index contributed by atoms with van der Waals surface area (Å²) in [5, 5.41) is 17.6. The Morgan fingerprint density at radius 1 is 1.44 bits per heavy atom. The first-order valence-electron chi connectivity index (χ1n) is 5.70. The van der Waals surface area contributed by atoms with Crippen LogP contribution in [-0.2, 0) is 13.2 Å². The van der Waals surface area contributed by atoms with Gasteiger partial charge in [0.25, 0.3) is 0 Å². The summed E-state index contributed by atoms with van der Waals surface area (Å²) >= 11 is 0. The van der Waals surface area contributed by atoms with Gasteiger partial charge in [-0.2, -0.15) is 5.26 Å². The minimum atomic E-state index is 0.0562. The quantitative estimate of drug-likeness (QED) is 0.471. The second-order valence-corrected chi connectivity index (χ2v) is 3.91. The van der Waals surface area contributed by atoms with Crippen molar-refractivity contribution in [1.82, 2.24) is 0 Å². The molecule has 0 amide bonds. The van der Waals surface area contributed by atoms with Crippen LogP contribution in [0.1, 0.15) is 12.0 Å². The van der Waals surface area contributed by atoms with Gasteiger partial charge in [-0.25, -0.2) is 4.57 Å². The lowest BCUT2D eigenvalue weighted by Gasteiger charge is -2.00. The molecule has 0 bridgehead atoms. The van der Waals surface area contributed by atoms with Crippen LogP contribution in [0.2, 0.25) is 0 Å². The van der Waals surface area contributed by atoms with Crippen LogP contribution in [0.25, 0.3) is 0 Å². The molecule has 0 atom stereocenters. The Morgan fingerprint density at radius 2 is 2.11 bits per heavy atom. The average Bonchev–Trinajstić information content (AvgIpc) is 2.43. The van der Waals surface area contributed by atoms with E-state index in [2.05, 4.69) is 13.2 Å². The van der Waals surface area contributed by atoms with Crippen molar-refractivity contribution in [2.75, 3.05) is 0 Å². The Kier molecular flexibility index (Phi) is 5.56. The van der Waals surface area contributed by atoms with E-state index >= 15 is 0 Å². The van der Waals surface area contributed by atoms with Crippen LogP contribution in [0.15, 0.2) is 61.0 Å². The number of allylic oxidation sites excluding steroid dienone is 4. The Labute approximate surface area is 108 Å². The highest BCUT2D eigenvalue weighted by Crippen LogP contribution is 2.06. The molecule has 3 nitrogen and oxygen atoms in total. The maximum Gasteiger partial charge on any atom is 0.169 e. The van der Waals surface area contributed by atoms with Crippen LogP contribution in [0.4, 0.5) is 0 Å². The Morgan fingerprint density at radius 3 is 2.61 bits per heavy atom. The number of aliphatic hydroxyl groups excluding tert-OH is 1. The number of hydrogen-bond acceptors (Lipinski definition) is 2. The van der Waals surface area contributed by atoms with Crippen LogP contribution in [0, 0.1) is 11.3 Å². The Bertz CT molecular complexity index is 492. The number of aliphatic hydroxyl groups is 1. The largest absolute Gasteiger partial charge is 0.392 e. The summed E-state index contributed by atoms with van der Waals surface area (Å²) in [6.07, 6.45) is 8.12. The van der Waals surface area contributed by atoms with Crippen molar-refractivity contribution in [2.24, 2.45) is 0 Å². The lowest BCUT2D eigenvalue weighted by atomic mass is 10.1. The molecule has 92 valence electrons. The number of aryl methyl sites for hydroxylation is 1. The molecular formula is C15H17N2O+. The van der Waals surface area contributed by atoms with Gasteiger partial charge in [0.05, 0.1) is 12.7 Å². The van der Waals surface area contributed by atoms with Crippen molar-refractivity contribution >= 4 is 0 Å². The monoisotopic (exact) mass is 241 g/mol. The van der Waals surface area contributed by atoms with E-state index in [0.717, 1.165) is 24.1 Å². The van der Waals surface area contributed by atoms with Crippen molar-refractivity contribution in [3.05, 3.63) is 66.5 Å². The molecule has 0 saturated carbocycles. The summed E-state index contributed by atoms with van der Waals surface area (Å²) in [5.41, 5.74) is 2.31. The fourth-order valence-corrected chi connectivity index (χ4v) is 1.49. The summed E-state index contributed by atoms with van der Waals surface area (Å²) in [5.74, 6) is 0. The van der Waals surface area contributed by atoms with Crippen molar-refractivity contribution in [1.29, 1.82) is 5.26 Å². The van der Waals surface area contributed by atoms with Crippen LogP contribution >= 0.6 is 0 Å². The van der Waals surface area contributed by atoms with E-state index in [1.807, 2.05) is 35.2 Å². The molecule has 0 saturated heterocycles. The minimum Gasteiger partial charge on any atom is -0.392 e. The van der Waals surface area contributed by atoms with Gasteiger partial charge in [-0.15, -0.1) is 0 Å². The first-order chi connectivity index (χ1) is 8.69. The van der Waals surface area contributed by atoms with Gasteiger partial charge in [0.2, 0.25) is 0 Å². The summed E-state index contributed by atoms with van der Waals surface area (Å²) in [4.78, 5) is 0. The lowest BCUT2D eigenvalue weighted by molar-refractivity contribution is -0.696. The normalized spacial score (nSPS) is 10.8. The molecule has 18 heavy (non-hydrogen) atoms. The molecule has 0 radical (unpaired) electrons. The molecule has 0 aromatic carbocycles. The smallest absolute Gasteiger partial charge is 0.169 e. The van der Waals surface area contributed by atoms with Gasteiger partial charge >= 0.3 is 0 Å². The predicted octanol–water partition coefficient (Wildman–Crippen LogP) is 2.05.